The molecular weight excluding hydrogens is 366 g/mol. The summed E-state index contributed by atoms with van der Waals surface area (Å²) in [5, 5.41) is 1.09. The molecule has 8 heteroatoms. The van der Waals surface area contributed by atoms with E-state index in [0.29, 0.717) is 48.6 Å². The summed E-state index contributed by atoms with van der Waals surface area (Å²) in [6, 6.07) is 7.18. The number of piperidine rings is 1. The van der Waals surface area contributed by atoms with Gasteiger partial charge in [0.1, 0.15) is 0 Å². The first-order valence-corrected chi connectivity index (χ1v) is 10.0. The quantitative estimate of drug-likeness (QED) is 0.441. The van der Waals surface area contributed by atoms with Gasteiger partial charge in [0, 0.05) is 20.1 Å². The second-order valence-corrected chi connectivity index (χ2v) is 7.41. The van der Waals surface area contributed by atoms with Crippen LogP contribution in [0.5, 0.6) is 0 Å². The van der Waals surface area contributed by atoms with Crippen LogP contribution in [-0.4, -0.2) is 51.8 Å². The number of carbonyl (C=O) groups excluding carboxylic acids is 2. The molecule has 7 nitrogen and oxygen atoms in total. The second kappa shape index (κ2) is 8.56. The van der Waals surface area contributed by atoms with Gasteiger partial charge in [0.25, 0.3) is 5.56 Å². The van der Waals surface area contributed by atoms with E-state index in [2.05, 4.69) is 4.98 Å². The smallest absolute Gasteiger partial charge is 0.309 e. The average molecular weight is 389 g/mol. The zero-order valence-corrected chi connectivity index (χ0v) is 16.3. The summed E-state index contributed by atoms with van der Waals surface area (Å²) in [5.41, 5.74) is 0.511. The van der Waals surface area contributed by atoms with E-state index in [0.717, 1.165) is 0 Å². The Labute approximate surface area is 161 Å². The molecule has 1 aliphatic rings. The fraction of sp³-hybridized carbons (Fsp3) is 0.474. The highest BCUT2D eigenvalue weighted by atomic mass is 32.2. The van der Waals surface area contributed by atoms with Crippen molar-refractivity contribution in [3.05, 3.63) is 34.6 Å². The molecule has 1 amide bonds. The first-order chi connectivity index (χ1) is 13.0. The molecule has 3 rings (SSSR count). The van der Waals surface area contributed by atoms with Crippen LogP contribution in [0.3, 0.4) is 0 Å². The van der Waals surface area contributed by atoms with Gasteiger partial charge in [-0.2, -0.15) is 0 Å². The number of benzene rings is 1. The predicted molar refractivity (Wildman–Crippen MR) is 104 cm³/mol. The first-order valence-electron chi connectivity index (χ1n) is 9.04. The lowest BCUT2D eigenvalue weighted by atomic mass is 9.97. The zero-order valence-electron chi connectivity index (χ0n) is 15.5. The van der Waals surface area contributed by atoms with Gasteiger partial charge in [-0.15, -0.1) is 0 Å². The number of ether oxygens (including phenoxy) is 1. The minimum absolute atomic E-state index is 0.00952. The van der Waals surface area contributed by atoms with Gasteiger partial charge in [-0.3, -0.25) is 19.0 Å². The number of amides is 1. The van der Waals surface area contributed by atoms with Crippen molar-refractivity contribution in [1.82, 2.24) is 14.5 Å². The van der Waals surface area contributed by atoms with E-state index < -0.39 is 0 Å². The third-order valence-corrected chi connectivity index (χ3v) is 5.75. The largest absolute Gasteiger partial charge is 0.466 e. The van der Waals surface area contributed by atoms with Crippen LogP contribution < -0.4 is 5.56 Å². The third kappa shape index (κ3) is 4.32. The number of likely N-dealkylation sites (tertiary alicyclic amines) is 1. The lowest BCUT2D eigenvalue weighted by Gasteiger charge is -2.30. The Hall–Kier alpha value is -2.35. The summed E-state index contributed by atoms with van der Waals surface area (Å²) < 4.78 is 6.53. The van der Waals surface area contributed by atoms with Gasteiger partial charge in [0.2, 0.25) is 5.91 Å². The van der Waals surface area contributed by atoms with Gasteiger partial charge in [-0.1, -0.05) is 23.9 Å². The predicted octanol–water partition coefficient (Wildman–Crippen LogP) is 1.83. The number of esters is 1. The van der Waals surface area contributed by atoms with E-state index in [9.17, 15) is 14.4 Å². The minimum Gasteiger partial charge on any atom is -0.466 e. The fourth-order valence-electron chi connectivity index (χ4n) is 3.17. The second-order valence-electron chi connectivity index (χ2n) is 6.47. The Bertz CT molecular complexity index is 903. The summed E-state index contributed by atoms with van der Waals surface area (Å²) in [7, 11) is 1.67. The Balaban J connectivity index is 1.60. The van der Waals surface area contributed by atoms with Crippen LogP contribution in [0, 0.1) is 5.92 Å². The molecule has 1 aromatic heterocycles. The van der Waals surface area contributed by atoms with Gasteiger partial charge in [0.15, 0.2) is 5.16 Å². The molecule has 0 atom stereocenters. The number of hydrogen-bond donors (Lipinski definition) is 0. The molecule has 2 aromatic rings. The van der Waals surface area contributed by atoms with Crippen LogP contribution in [0.2, 0.25) is 0 Å². The van der Waals surface area contributed by atoms with E-state index >= 15 is 0 Å². The van der Waals surface area contributed by atoms with Crippen LogP contribution in [0.1, 0.15) is 19.8 Å². The molecule has 144 valence electrons. The molecule has 2 heterocycles. The van der Waals surface area contributed by atoms with Gasteiger partial charge in [-0.25, -0.2) is 4.98 Å². The average Bonchev–Trinajstić information content (AvgIpc) is 2.69. The van der Waals surface area contributed by atoms with Crippen molar-refractivity contribution in [3.63, 3.8) is 0 Å². The maximum absolute atomic E-state index is 12.5. The molecule has 0 aliphatic carbocycles. The number of thioether (sulfide) groups is 1. The van der Waals surface area contributed by atoms with E-state index in [1.54, 1.807) is 31.0 Å². The molecule has 0 radical (unpaired) electrons. The number of aromatic nitrogens is 2. The fourth-order valence-corrected chi connectivity index (χ4v) is 4.04. The Morgan fingerprint density at radius 3 is 2.67 bits per heavy atom. The summed E-state index contributed by atoms with van der Waals surface area (Å²) in [4.78, 5) is 43.0. The van der Waals surface area contributed by atoms with Crippen LogP contribution in [0.4, 0.5) is 0 Å². The Morgan fingerprint density at radius 2 is 1.96 bits per heavy atom. The van der Waals surface area contributed by atoms with Gasteiger partial charge < -0.3 is 9.64 Å². The molecule has 1 aliphatic heterocycles. The third-order valence-electron chi connectivity index (χ3n) is 4.73. The molecule has 0 unspecified atom stereocenters. The number of nitrogens with zero attached hydrogens (tertiary/aromatic N) is 3. The summed E-state index contributed by atoms with van der Waals surface area (Å²) >= 11 is 1.26. The number of carbonyl (C=O) groups is 2. The summed E-state index contributed by atoms with van der Waals surface area (Å²) in [5.74, 6) is -0.0911. The normalized spacial score (nSPS) is 15.1. The maximum Gasteiger partial charge on any atom is 0.309 e. The Morgan fingerprint density at radius 1 is 1.26 bits per heavy atom. The van der Waals surface area contributed by atoms with Crippen molar-refractivity contribution < 1.29 is 14.3 Å². The standard InChI is InChI=1S/C19H23N3O4S/c1-3-26-18(25)13-8-10-22(11-9-13)16(23)12-27-19-20-15-7-5-4-6-14(15)17(24)21(19)2/h4-7,13H,3,8-12H2,1-2H3. The van der Waals surface area contributed by atoms with Crippen molar-refractivity contribution in [2.24, 2.45) is 13.0 Å². The molecule has 1 aromatic carbocycles. The maximum atomic E-state index is 12.5. The van der Waals surface area contributed by atoms with Crippen LogP contribution in [0.15, 0.2) is 34.2 Å². The summed E-state index contributed by atoms with van der Waals surface area (Å²) in [6.45, 7) is 3.27. The molecule has 0 N–H and O–H groups in total. The van der Waals surface area contributed by atoms with Crippen LogP contribution >= 0.6 is 11.8 Å². The SMILES string of the molecule is CCOC(=O)C1CCN(C(=O)CSc2nc3ccccc3c(=O)n2C)CC1. The zero-order chi connectivity index (χ0) is 19.4. The lowest BCUT2D eigenvalue weighted by molar-refractivity contribution is -0.151. The molecule has 0 saturated carbocycles. The number of hydrogen-bond acceptors (Lipinski definition) is 6. The van der Waals surface area contributed by atoms with Gasteiger partial charge in [0.05, 0.1) is 29.2 Å². The molecule has 27 heavy (non-hydrogen) atoms. The molecule has 1 saturated heterocycles. The van der Waals surface area contributed by atoms with Gasteiger partial charge in [-0.05, 0) is 31.9 Å². The number of rotatable bonds is 5. The number of fused-ring (bicyclic) bond motifs is 1. The molecule has 1 fully saturated rings. The topological polar surface area (TPSA) is 81.5 Å². The Kier molecular flexibility index (Phi) is 6.15. The highest BCUT2D eigenvalue weighted by molar-refractivity contribution is 7.99. The molecular formula is C19H23N3O4S. The van der Waals surface area contributed by atoms with Gasteiger partial charge >= 0.3 is 5.97 Å². The summed E-state index contributed by atoms with van der Waals surface area (Å²) in [6.07, 6.45) is 1.25. The van der Waals surface area contributed by atoms with E-state index in [-0.39, 0.29) is 29.1 Å². The molecule has 0 spiro atoms. The van der Waals surface area contributed by atoms with Crippen molar-refractivity contribution in [3.8, 4) is 0 Å². The van der Waals surface area contributed by atoms with Crippen molar-refractivity contribution in [1.29, 1.82) is 0 Å². The van der Waals surface area contributed by atoms with Crippen LogP contribution in [-0.2, 0) is 21.4 Å². The first kappa shape index (κ1) is 19.4. The minimum atomic E-state index is -0.172. The van der Waals surface area contributed by atoms with E-state index in [1.807, 2.05) is 12.1 Å². The van der Waals surface area contributed by atoms with Crippen molar-refractivity contribution in [2.75, 3.05) is 25.4 Å². The van der Waals surface area contributed by atoms with Crippen molar-refractivity contribution in [2.45, 2.75) is 24.9 Å². The van der Waals surface area contributed by atoms with Crippen molar-refractivity contribution >= 4 is 34.5 Å². The van der Waals surface area contributed by atoms with E-state index in [1.165, 1.54) is 16.3 Å². The monoisotopic (exact) mass is 389 g/mol. The number of para-hydroxylation sites is 1. The van der Waals surface area contributed by atoms with E-state index in [4.69, 9.17) is 4.74 Å². The lowest BCUT2D eigenvalue weighted by Crippen LogP contribution is -2.41. The highest BCUT2D eigenvalue weighted by Crippen LogP contribution is 2.21. The highest BCUT2D eigenvalue weighted by Gasteiger charge is 2.28. The van der Waals surface area contributed by atoms with Crippen LogP contribution in [0.25, 0.3) is 10.9 Å². The molecule has 0 bridgehead atoms.